The Morgan fingerprint density at radius 2 is 1.54 bits per heavy atom. The second-order valence-electron chi connectivity index (χ2n) is 5.55. The molecule has 1 aromatic heterocycles. The van der Waals surface area contributed by atoms with Gasteiger partial charge in [-0.1, -0.05) is 0 Å². The van der Waals surface area contributed by atoms with Crippen LogP contribution in [0.3, 0.4) is 0 Å². The highest BCUT2D eigenvalue weighted by molar-refractivity contribution is 6.48. The minimum absolute atomic E-state index is 0.631. The van der Waals surface area contributed by atoms with E-state index in [9.17, 15) is 0 Å². The number of amidine groups is 1. The number of hydrogen-bond acceptors (Lipinski definition) is 6. The Morgan fingerprint density at radius 3 is 2.19 bits per heavy atom. The molecule has 4 rings (SSSR count). The van der Waals surface area contributed by atoms with E-state index in [4.69, 9.17) is 14.5 Å². The Labute approximate surface area is 150 Å². The lowest BCUT2D eigenvalue weighted by Gasteiger charge is -2.09. The van der Waals surface area contributed by atoms with Gasteiger partial charge in [-0.2, -0.15) is 9.78 Å². The molecule has 130 valence electrons. The summed E-state index contributed by atoms with van der Waals surface area (Å²) in [6, 6.07) is 17.0. The predicted molar refractivity (Wildman–Crippen MR) is 101 cm³/mol. The average molecular weight is 347 g/mol. The first kappa shape index (κ1) is 15.9. The number of methoxy groups -OCH3 is 2. The Morgan fingerprint density at radius 1 is 0.885 bits per heavy atom. The molecule has 0 atom stereocenters. The Balaban J connectivity index is 1.65. The molecule has 2 heterocycles. The Bertz CT molecular complexity index is 972. The van der Waals surface area contributed by atoms with Gasteiger partial charge in [0, 0.05) is 11.8 Å². The number of aromatic nitrogens is 2. The first-order chi connectivity index (χ1) is 12.8. The van der Waals surface area contributed by atoms with E-state index in [0.717, 1.165) is 28.7 Å². The van der Waals surface area contributed by atoms with Crippen molar-refractivity contribution >= 4 is 28.9 Å². The van der Waals surface area contributed by atoms with E-state index in [0.29, 0.717) is 11.7 Å². The maximum absolute atomic E-state index is 5.19. The van der Waals surface area contributed by atoms with Crippen molar-refractivity contribution < 1.29 is 9.47 Å². The lowest BCUT2D eigenvalue weighted by Crippen LogP contribution is -2.25. The maximum Gasteiger partial charge on any atom is 0.199 e. The molecule has 7 heteroatoms. The zero-order chi connectivity index (χ0) is 17.9. The second-order valence-corrected chi connectivity index (χ2v) is 5.55. The number of anilines is 1. The second kappa shape index (κ2) is 6.72. The lowest BCUT2D eigenvalue weighted by atomic mass is 10.3. The third-order valence-electron chi connectivity index (χ3n) is 3.92. The van der Waals surface area contributed by atoms with Crippen molar-refractivity contribution in [1.82, 2.24) is 9.78 Å². The number of nitrogens with zero attached hydrogens (tertiary/aromatic N) is 4. The van der Waals surface area contributed by atoms with Gasteiger partial charge in [-0.05, 0) is 48.5 Å². The van der Waals surface area contributed by atoms with Crippen LogP contribution in [0.1, 0.15) is 0 Å². The van der Waals surface area contributed by atoms with Crippen molar-refractivity contribution in [1.29, 1.82) is 0 Å². The molecular formula is C19H17N5O2. The number of benzene rings is 2. The summed E-state index contributed by atoms with van der Waals surface area (Å²) < 4.78 is 12.1. The number of rotatable bonds is 4. The van der Waals surface area contributed by atoms with Gasteiger partial charge < -0.3 is 14.8 Å². The Hall–Kier alpha value is -3.61. The van der Waals surface area contributed by atoms with E-state index in [-0.39, 0.29) is 0 Å². The molecule has 3 aromatic rings. The van der Waals surface area contributed by atoms with Crippen LogP contribution >= 0.6 is 0 Å². The number of hydrogen-bond donors (Lipinski definition) is 1. The van der Waals surface area contributed by atoms with E-state index in [1.54, 1.807) is 25.1 Å². The van der Waals surface area contributed by atoms with Crippen LogP contribution in [0, 0.1) is 0 Å². The summed E-state index contributed by atoms with van der Waals surface area (Å²) in [5.74, 6) is 3.57. The fourth-order valence-electron chi connectivity index (χ4n) is 2.58. The summed E-state index contributed by atoms with van der Waals surface area (Å²) in [4.78, 5) is 9.28. The molecule has 1 aliphatic rings. The van der Waals surface area contributed by atoms with E-state index in [2.05, 4.69) is 15.4 Å². The SMILES string of the molecule is COc1ccc(N=C2C(Nc3ccc(OC)cc3)=Nc3ccnn32)cc1. The number of ether oxygens (including phenoxy) is 2. The highest BCUT2D eigenvalue weighted by atomic mass is 16.5. The lowest BCUT2D eigenvalue weighted by molar-refractivity contribution is 0.415. The highest BCUT2D eigenvalue weighted by Crippen LogP contribution is 2.24. The largest absolute Gasteiger partial charge is 0.497 e. The maximum atomic E-state index is 5.19. The van der Waals surface area contributed by atoms with Gasteiger partial charge in [-0.3, -0.25) is 0 Å². The first-order valence-corrected chi connectivity index (χ1v) is 8.04. The van der Waals surface area contributed by atoms with Crippen LogP contribution in [0.25, 0.3) is 0 Å². The first-order valence-electron chi connectivity index (χ1n) is 8.04. The monoisotopic (exact) mass is 347 g/mol. The van der Waals surface area contributed by atoms with E-state index < -0.39 is 0 Å². The summed E-state index contributed by atoms with van der Waals surface area (Å²) in [5, 5.41) is 7.61. The van der Waals surface area contributed by atoms with Gasteiger partial charge in [0.1, 0.15) is 11.5 Å². The van der Waals surface area contributed by atoms with Crippen molar-refractivity contribution in [2.24, 2.45) is 9.98 Å². The van der Waals surface area contributed by atoms with E-state index >= 15 is 0 Å². The summed E-state index contributed by atoms with van der Waals surface area (Å²) in [6.45, 7) is 0. The minimum Gasteiger partial charge on any atom is -0.497 e. The smallest absolute Gasteiger partial charge is 0.199 e. The van der Waals surface area contributed by atoms with E-state index in [1.165, 1.54) is 0 Å². The molecule has 0 amide bonds. The van der Waals surface area contributed by atoms with Crippen LogP contribution < -0.4 is 14.8 Å². The molecule has 0 bridgehead atoms. The van der Waals surface area contributed by atoms with Gasteiger partial charge in [0.25, 0.3) is 0 Å². The predicted octanol–water partition coefficient (Wildman–Crippen LogP) is 3.63. The van der Waals surface area contributed by atoms with Crippen LogP contribution in [-0.2, 0) is 0 Å². The number of nitrogens with one attached hydrogen (secondary N) is 1. The van der Waals surface area contributed by atoms with Crippen molar-refractivity contribution in [2.75, 3.05) is 19.5 Å². The van der Waals surface area contributed by atoms with E-state index in [1.807, 2.05) is 54.6 Å². The minimum atomic E-state index is 0.631. The molecule has 0 fully saturated rings. The van der Waals surface area contributed by atoms with Gasteiger partial charge in [0.2, 0.25) is 0 Å². The van der Waals surface area contributed by atoms with Crippen molar-refractivity contribution in [3.8, 4) is 11.5 Å². The van der Waals surface area contributed by atoms with Gasteiger partial charge in [0.15, 0.2) is 17.5 Å². The molecule has 0 saturated carbocycles. The van der Waals surface area contributed by atoms with Crippen LogP contribution in [0.2, 0.25) is 0 Å². The number of aliphatic imine (C=N–C) groups is 2. The van der Waals surface area contributed by atoms with Crippen molar-refractivity contribution in [3.63, 3.8) is 0 Å². The molecule has 0 radical (unpaired) electrons. The van der Waals surface area contributed by atoms with Gasteiger partial charge in [0.05, 0.1) is 26.1 Å². The van der Waals surface area contributed by atoms with Gasteiger partial charge in [-0.25, -0.2) is 9.98 Å². The molecule has 0 saturated heterocycles. The third kappa shape index (κ3) is 3.02. The van der Waals surface area contributed by atoms with Crippen molar-refractivity contribution in [3.05, 3.63) is 60.8 Å². The molecular weight excluding hydrogens is 330 g/mol. The van der Waals surface area contributed by atoms with Gasteiger partial charge in [-0.15, -0.1) is 0 Å². The molecule has 7 nitrogen and oxygen atoms in total. The van der Waals surface area contributed by atoms with Crippen LogP contribution in [0.5, 0.6) is 11.5 Å². The van der Waals surface area contributed by atoms with Crippen LogP contribution in [0.4, 0.5) is 17.2 Å². The summed E-state index contributed by atoms with van der Waals surface area (Å²) in [7, 11) is 3.28. The number of fused-ring (bicyclic) bond motifs is 1. The van der Waals surface area contributed by atoms with Crippen LogP contribution in [0.15, 0.2) is 70.8 Å². The molecule has 0 unspecified atom stereocenters. The molecule has 0 spiro atoms. The summed E-state index contributed by atoms with van der Waals surface area (Å²) in [5.41, 5.74) is 1.67. The zero-order valence-corrected chi connectivity index (χ0v) is 14.4. The molecule has 1 N–H and O–H groups in total. The van der Waals surface area contributed by atoms with Crippen LogP contribution in [-0.4, -0.2) is 35.7 Å². The molecule has 0 aliphatic carbocycles. The van der Waals surface area contributed by atoms with Crippen molar-refractivity contribution in [2.45, 2.75) is 0 Å². The topological polar surface area (TPSA) is 73.0 Å². The molecule has 1 aliphatic heterocycles. The normalized spacial score (nSPS) is 14.1. The zero-order valence-electron chi connectivity index (χ0n) is 14.4. The average Bonchev–Trinajstić information content (AvgIpc) is 3.26. The highest BCUT2D eigenvalue weighted by Gasteiger charge is 2.23. The fourth-order valence-corrected chi connectivity index (χ4v) is 2.58. The molecule has 26 heavy (non-hydrogen) atoms. The summed E-state index contributed by atoms with van der Waals surface area (Å²) >= 11 is 0. The molecule has 2 aromatic carbocycles. The fraction of sp³-hybridized carbons (Fsp3) is 0.105. The third-order valence-corrected chi connectivity index (χ3v) is 3.92. The van der Waals surface area contributed by atoms with Gasteiger partial charge >= 0.3 is 0 Å². The standard InChI is InChI=1S/C19H17N5O2/c1-25-15-7-3-13(4-8-15)21-18-19(24-17(23-18)11-12-20-24)22-14-5-9-16(26-2)10-6-14/h3-12H,1-2H3,(H,21,23). The Kier molecular flexibility index (Phi) is 4.10. The quantitative estimate of drug-likeness (QED) is 0.782. The summed E-state index contributed by atoms with van der Waals surface area (Å²) in [6.07, 6.45) is 1.70.